The first-order chi connectivity index (χ1) is 11.7. The highest BCUT2D eigenvalue weighted by Gasteiger charge is 2.25. The fourth-order valence-corrected chi connectivity index (χ4v) is 3.88. The van der Waals surface area contributed by atoms with Gasteiger partial charge in [-0.3, -0.25) is 4.79 Å². The Labute approximate surface area is 157 Å². The Morgan fingerprint density at radius 1 is 1.40 bits per heavy atom. The predicted octanol–water partition coefficient (Wildman–Crippen LogP) is 1.56. The predicted molar refractivity (Wildman–Crippen MR) is 100 cm³/mol. The highest BCUT2D eigenvalue weighted by Crippen LogP contribution is 2.19. The van der Waals surface area contributed by atoms with Crippen molar-refractivity contribution < 1.29 is 17.6 Å². The number of likely N-dealkylation sites (N-methyl/N-ethyl adjacent to an activating group) is 1. The molecule has 0 spiro atoms. The number of thioether (sulfide) groups is 1. The average molecular weight is 412 g/mol. The van der Waals surface area contributed by atoms with E-state index in [2.05, 4.69) is 10.0 Å². The van der Waals surface area contributed by atoms with E-state index in [1.165, 1.54) is 11.8 Å². The van der Waals surface area contributed by atoms with Crippen molar-refractivity contribution in [1.29, 1.82) is 0 Å². The van der Waals surface area contributed by atoms with Crippen molar-refractivity contribution >= 4 is 39.3 Å². The van der Waals surface area contributed by atoms with Crippen molar-refractivity contribution in [1.82, 2.24) is 14.9 Å². The van der Waals surface area contributed by atoms with Crippen LogP contribution < -0.4 is 10.0 Å². The first kappa shape index (κ1) is 22.2. The second-order valence-electron chi connectivity index (χ2n) is 5.63. The fourth-order valence-electron chi connectivity index (χ4n) is 1.90. The first-order valence-electron chi connectivity index (χ1n) is 7.56. The lowest BCUT2D eigenvalue weighted by molar-refractivity contribution is -0.122. The molecule has 0 saturated heterocycles. The number of hydrogen-bond donors (Lipinski definition) is 2. The van der Waals surface area contributed by atoms with Gasteiger partial charge in [0.05, 0.1) is 9.92 Å². The summed E-state index contributed by atoms with van der Waals surface area (Å²) < 4.78 is 40.5. The third kappa shape index (κ3) is 7.49. The molecule has 10 heteroatoms. The number of sulfonamides is 1. The molecule has 6 nitrogen and oxygen atoms in total. The van der Waals surface area contributed by atoms with Gasteiger partial charge in [0, 0.05) is 13.1 Å². The minimum atomic E-state index is -4.00. The van der Waals surface area contributed by atoms with Gasteiger partial charge in [-0.2, -0.15) is 16.5 Å². The van der Waals surface area contributed by atoms with Gasteiger partial charge in [-0.15, -0.1) is 0 Å². The number of nitrogens with one attached hydrogen (secondary N) is 2. The maximum atomic E-state index is 13.2. The fraction of sp³-hybridized carbons (Fsp3) is 0.533. The lowest BCUT2D eigenvalue weighted by atomic mass is 10.2. The van der Waals surface area contributed by atoms with Gasteiger partial charge in [-0.25, -0.2) is 12.8 Å². The van der Waals surface area contributed by atoms with Crippen LogP contribution in [0.25, 0.3) is 0 Å². The van der Waals surface area contributed by atoms with Gasteiger partial charge in [0.25, 0.3) is 0 Å². The van der Waals surface area contributed by atoms with E-state index in [1.807, 2.05) is 25.3 Å². The molecule has 25 heavy (non-hydrogen) atoms. The third-order valence-corrected chi connectivity index (χ3v) is 5.69. The highest BCUT2D eigenvalue weighted by atomic mass is 35.5. The number of hydrogen-bond acceptors (Lipinski definition) is 5. The van der Waals surface area contributed by atoms with Gasteiger partial charge in [-0.1, -0.05) is 11.6 Å². The molecular formula is C15H23ClFN3O3S2. The van der Waals surface area contributed by atoms with E-state index in [0.29, 0.717) is 25.3 Å². The molecule has 1 atom stereocenters. The maximum absolute atomic E-state index is 13.2. The summed E-state index contributed by atoms with van der Waals surface area (Å²) in [6, 6.07) is 2.20. The van der Waals surface area contributed by atoms with Crippen LogP contribution in [-0.2, 0) is 14.8 Å². The molecule has 1 rings (SSSR count). The Morgan fingerprint density at radius 3 is 2.64 bits per heavy atom. The summed E-state index contributed by atoms with van der Waals surface area (Å²) in [7, 11) is -0.250. The van der Waals surface area contributed by atoms with Crippen LogP contribution in [0.2, 0.25) is 5.02 Å². The molecule has 0 aromatic heterocycles. The van der Waals surface area contributed by atoms with E-state index >= 15 is 0 Å². The first-order valence-corrected chi connectivity index (χ1v) is 10.8. The Hall–Kier alpha value is -0.870. The molecule has 0 radical (unpaired) electrons. The van der Waals surface area contributed by atoms with Crippen LogP contribution >= 0.6 is 23.4 Å². The lowest BCUT2D eigenvalue weighted by Gasteiger charge is -2.19. The standard InChI is InChI=1S/C15H23ClFN3O3S2/c1-20(2)8-7-18-15(21)14(6-9-24-3)19-25(22,23)11-4-5-13(17)12(16)10-11/h4-5,10,14,19H,6-9H2,1-3H3,(H,18,21)/t14-/m1/s1. The Kier molecular flexibility index (Phi) is 9.15. The van der Waals surface area contributed by atoms with E-state index in [4.69, 9.17) is 11.6 Å². The molecule has 0 heterocycles. The van der Waals surface area contributed by atoms with Crippen LogP contribution in [0.3, 0.4) is 0 Å². The second-order valence-corrected chi connectivity index (χ2v) is 8.73. The van der Waals surface area contributed by atoms with Crippen LogP contribution in [0, 0.1) is 5.82 Å². The molecule has 0 fully saturated rings. The van der Waals surface area contributed by atoms with Crippen LogP contribution in [-0.4, -0.2) is 64.5 Å². The summed E-state index contributed by atoms with van der Waals surface area (Å²) in [5, 5.41) is 2.42. The topological polar surface area (TPSA) is 78.5 Å². The minimum absolute atomic E-state index is 0.186. The zero-order chi connectivity index (χ0) is 19.0. The summed E-state index contributed by atoms with van der Waals surface area (Å²) in [4.78, 5) is 14.0. The molecule has 1 amide bonds. The van der Waals surface area contributed by atoms with Crippen LogP contribution in [0.5, 0.6) is 0 Å². The number of halogens is 2. The van der Waals surface area contributed by atoms with Gasteiger partial charge >= 0.3 is 0 Å². The van der Waals surface area contributed by atoms with Crippen LogP contribution in [0.1, 0.15) is 6.42 Å². The second kappa shape index (κ2) is 10.3. The summed E-state index contributed by atoms with van der Waals surface area (Å²) in [5.74, 6) is -0.494. The van der Waals surface area contributed by atoms with Crippen LogP contribution in [0.15, 0.2) is 23.1 Å². The number of carbonyl (C=O) groups is 1. The maximum Gasteiger partial charge on any atom is 0.241 e. The number of carbonyl (C=O) groups excluding carboxylic acids is 1. The number of amides is 1. The molecule has 1 aromatic rings. The molecule has 0 unspecified atom stereocenters. The van der Waals surface area contributed by atoms with Crippen molar-refractivity contribution in [3.63, 3.8) is 0 Å². The molecule has 1 aromatic carbocycles. The largest absolute Gasteiger partial charge is 0.353 e. The molecular weight excluding hydrogens is 389 g/mol. The van der Waals surface area contributed by atoms with Crippen molar-refractivity contribution in [3.05, 3.63) is 29.0 Å². The van der Waals surface area contributed by atoms with E-state index in [-0.39, 0.29) is 9.92 Å². The number of nitrogens with zero attached hydrogens (tertiary/aromatic N) is 1. The summed E-state index contributed by atoms with van der Waals surface area (Å²) in [6.07, 6.45) is 2.21. The smallest absolute Gasteiger partial charge is 0.241 e. The Bertz CT molecular complexity index is 687. The number of benzene rings is 1. The zero-order valence-electron chi connectivity index (χ0n) is 14.4. The van der Waals surface area contributed by atoms with Crippen LogP contribution in [0.4, 0.5) is 4.39 Å². The van der Waals surface area contributed by atoms with Gasteiger partial charge in [0.15, 0.2) is 0 Å². The SMILES string of the molecule is CSCC[C@@H](NS(=O)(=O)c1ccc(F)c(Cl)c1)C(=O)NCCN(C)C. The third-order valence-electron chi connectivity index (χ3n) is 3.28. The van der Waals surface area contributed by atoms with E-state index in [0.717, 1.165) is 18.2 Å². The summed E-state index contributed by atoms with van der Waals surface area (Å²) in [5.41, 5.74) is 0. The molecule has 0 aliphatic carbocycles. The normalized spacial score (nSPS) is 13.0. The van der Waals surface area contributed by atoms with Crippen molar-refractivity contribution in [2.24, 2.45) is 0 Å². The Balaban J connectivity index is 2.87. The molecule has 142 valence electrons. The van der Waals surface area contributed by atoms with E-state index in [9.17, 15) is 17.6 Å². The summed E-state index contributed by atoms with van der Waals surface area (Å²) in [6.45, 7) is 1.05. The molecule has 0 bridgehead atoms. The minimum Gasteiger partial charge on any atom is -0.353 e. The number of rotatable bonds is 10. The van der Waals surface area contributed by atoms with Gasteiger partial charge in [0.1, 0.15) is 11.9 Å². The van der Waals surface area contributed by atoms with E-state index < -0.39 is 27.8 Å². The quantitative estimate of drug-likeness (QED) is 0.610. The van der Waals surface area contributed by atoms with Crippen molar-refractivity contribution in [2.45, 2.75) is 17.4 Å². The zero-order valence-corrected chi connectivity index (χ0v) is 16.8. The summed E-state index contributed by atoms with van der Waals surface area (Å²) >= 11 is 7.15. The molecule has 0 saturated carbocycles. The van der Waals surface area contributed by atoms with Gasteiger partial charge < -0.3 is 10.2 Å². The molecule has 2 N–H and O–H groups in total. The van der Waals surface area contributed by atoms with Crippen molar-refractivity contribution in [2.75, 3.05) is 39.2 Å². The van der Waals surface area contributed by atoms with E-state index in [1.54, 1.807) is 0 Å². The van der Waals surface area contributed by atoms with Gasteiger partial charge in [0.2, 0.25) is 15.9 Å². The lowest BCUT2D eigenvalue weighted by Crippen LogP contribution is -2.48. The molecule has 0 aliphatic heterocycles. The highest BCUT2D eigenvalue weighted by molar-refractivity contribution is 7.98. The Morgan fingerprint density at radius 2 is 2.08 bits per heavy atom. The average Bonchev–Trinajstić information content (AvgIpc) is 2.53. The molecule has 0 aliphatic rings. The monoisotopic (exact) mass is 411 g/mol. The van der Waals surface area contributed by atoms with Gasteiger partial charge in [-0.05, 0) is 50.7 Å². The van der Waals surface area contributed by atoms with Crippen molar-refractivity contribution in [3.8, 4) is 0 Å².